The van der Waals surface area contributed by atoms with Crippen molar-refractivity contribution in [3.63, 3.8) is 0 Å². The zero-order chi connectivity index (χ0) is 13.8. The molecule has 1 N–H and O–H groups in total. The first-order valence-electron chi connectivity index (χ1n) is 7.23. The van der Waals surface area contributed by atoms with Crippen molar-refractivity contribution in [3.05, 3.63) is 29.3 Å². The zero-order valence-corrected chi connectivity index (χ0v) is 12.6. The monoisotopic (exact) mass is 262 g/mol. The lowest BCUT2D eigenvalue weighted by molar-refractivity contribution is 0.0942. The molecular weight excluding hydrogens is 236 g/mol. The molecule has 0 amide bonds. The quantitative estimate of drug-likeness (QED) is 0.902. The molecule has 2 rings (SSSR count). The van der Waals surface area contributed by atoms with Crippen molar-refractivity contribution in [1.82, 2.24) is 5.32 Å². The highest BCUT2D eigenvalue weighted by atomic mass is 16.5. The van der Waals surface area contributed by atoms with Crippen LogP contribution in [0.25, 0.3) is 0 Å². The van der Waals surface area contributed by atoms with Gasteiger partial charge >= 0.3 is 0 Å². The molecule has 0 saturated carbocycles. The molecule has 0 bridgehead atoms. The minimum absolute atomic E-state index is 0.428. The third-order valence-corrected chi connectivity index (χ3v) is 3.85. The van der Waals surface area contributed by atoms with Gasteiger partial charge in [-0.25, -0.2) is 0 Å². The minimum Gasteiger partial charge on any atom is -0.377 e. The van der Waals surface area contributed by atoms with E-state index in [-0.39, 0.29) is 0 Å². The van der Waals surface area contributed by atoms with E-state index in [1.54, 1.807) is 0 Å². The molecule has 1 aliphatic rings. The van der Waals surface area contributed by atoms with Gasteiger partial charge in [-0.2, -0.15) is 0 Å². The van der Waals surface area contributed by atoms with Crippen LogP contribution in [0.1, 0.15) is 30.9 Å². The molecule has 0 aromatic heterocycles. The summed E-state index contributed by atoms with van der Waals surface area (Å²) in [7, 11) is 2.01. The smallest absolute Gasteiger partial charge is 0.0683 e. The number of ether oxygens (including phenoxy) is 1. The Morgan fingerprint density at radius 1 is 1.42 bits per heavy atom. The minimum atomic E-state index is 0.428. The topological polar surface area (TPSA) is 24.5 Å². The van der Waals surface area contributed by atoms with E-state index in [0.717, 1.165) is 26.3 Å². The Labute approximate surface area is 116 Å². The number of rotatable bonds is 4. The van der Waals surface area contributed by atoms with Crippen LogP contribution in [0.15, 0.2) is 18.2 Å². The molecule has 3 heteroatoms. The summed E-state index contributed by atoms with van der Waals surface area (Å²) in [5, 5.41) is 3.28. The average molecular weight is 262 g/mol. The van der Waals surface area contributed by atoms with Crippen LogP contribution in [0.2, 0.25) is 0 Å². The lowest BCUT2D eigenvalue weighted by Crippen LogP contribution is -2.50. The third kappa shape index (κ3) is 3.10. The zero-order valence-electron chi connectivity index (χ0n) is 12.6. The number of hydrogen-bond acceptors (Lipinski definition) is 3. The second-order valence-corrected chi connectivity index (χ2v) is 5.65. The second kappa shape index (κ2) is 6.40. The molecule has 0 aliphatic carbocycles. The van der Waals surface area contributed by atoms with Crippen LogP contribution in [0.4, 0.5) is 5.69 Å². The van der Waals surface area contributed by atoms with Crippen molar-refractivity contribution in [2.45, 2.75) is 32.7 Å². The first-order valence-corrected chi connectivity index (χ1v) is 7.23. The van der Waals surface area contributed by atoms with Crippen LogP contribution in [-0.4, -0.2) is 39.4 Å². The van der Waals surface area contributed by atoms with Crippen LogP contribution in [-0.2, 0) is 4.74 Å². The molecule has 3 nitrogen and oxygen atoms in total. The van der Waals surface area contributed by atoms with Gasteiger partial charge < -0.3 is 15.0 Å². The van der Waals surface area contributed by atoms with Gasteiger partial charge in [-0.1, -0.05) is 32.0 Å². The predicted octanol–water partition coefficient (Wildman–Crippen LogP) is 2.54. The fraction of sp³-hybridized carbons (Fsp3) is 0.625. The summed E-state index contributed by atoms with van der Waals surface area (Å²) in [5.74, 6) is 0.549. The molecule has 1 fully saturated rings. The van der Waals surface area contributed by atoms with Gasteiger partial charge in [0.15, 0.2) is 0 Å². The standard InChI is InChI=1S/C16H26N2O/c1-12(2)15-7-5-6-13(3)16(15)18-8-9-19-11-14(18)10-17-4/h5-7,12,14,17H,8-11H2,1-4H3. The van der Waals surface area contributed by atoms with Gasteiger partial charge in [-0.15, -0.1) is 0 Å². The molecule has 0 radical (unpaired) electrons. The number of hydrogen-bond donors (Lipinski definition) is 1. The van der Waals surface area contributed by atoms with Crippen LogP contribution < -0.4 is 10.2 Å². The second-order valence-electron chi connectivity index (χ2n) is 5.65. The number of morpholine rings is 1. The Hall–Kier alpha value is -1.06. The molecule has 1 heterocycles. The Morgan fingerprint density at radius 2 is 2.21 bits per heavy atom. The highest BCUT2D eigenvalue weighted by Gasteiger charge is 2.26. The molecular formula is C16H26N2O. The molecule has 1 aliphatic heterocycles. The number of benzene rings is 1. The van der Waals surface area contributed by atoms with E-state index in [1.807, 2.05) is 7.05 Å². The van der Waals surface area contributed by atoms with Gasteiger partial charge in [-0.3, -0.25) is 0 Å². The average Bonchev–Trinajstić information content (AvgIpc) is 2.40. The van der Waals surface area contributed by atoms with E-state index >= 15 is 0 Å². The van der Waals surface area contributed by atoms with Gasteiger partial charge in [0.2, 0.25) is 0 Å². The Kier molecular flexibility index (Phi) is 4.83. The van der Waals surface area contributed by atoms with Gasteiger partial charge in [-0.05, 0) is 31.0 Å². The van der Waals surface area contributed by atoms with E-state index in [4.69, 9.17) is 4.74 Å². The SMILES string of the molecule is CNCC1COCCN1c1c(C)cccc1C(C)C. The maximum Gasteiger partial charge on any atom is 0.0683 e. The maximum absolute atomic E-state index is 5.64. The Balaban J connectivity index is 2.37. The van der Waals surface area contributed by atoms with Crippen molar-refractivity contribution in [3.8, 4) is 0 Å². The van der Waals surface area contributed by atoms with E-state index < -0.39 is 0 Å². The summed E-state index contributed by atoms with van der Waals surface area (Å²) in [6, 6.07) is 7.07. The molecule has 1 unspecified atom stereocenters. The molecule has 1 atom stereocenters. The van der Waals surface area contributed by atoms with Crippen LogP contribution in [0.5, 0.6) is 0 Å². The van der Waals surface area contributed by atoms with Crippen molar-refractivity contribution >= 4 is 5.69 Å². The molecule has 0 spiro atoms. The van der Waals surface area contributed by atoms with Crippen LogP contribution >= 0.6 is 0 Å². The van der Waals surface area contributed by atoms with Crippen LogP contribution in [0.3, 0.4) is 0 Å². The van der Waals surface area contributed by atoms with E-state index in [0.29, 0.717) is 12.0 Å². The Bertz CT molecular complexity index is 415. The summed E-state index contributed by atoms with van der Waals surface area (Å²) in [5.41, 5.74) is 4.23. The fourth-order valence-electron chi connectivity index (χ4n) is 2.89. The first kappa shape index (κ1) is 14.4. The predicted molar refractivity (Wildman–Crippen MR) is 81.1 cm³/mol. The largest absolute Gasteiger partial charge is 0.377 e. The number of nitrogens with zero attached hydrogens (tertiary/aromatic N) is 1. The van der Waals surface area contributed by atoms with Crippen molar-refractivity contribution < 1.29 is 4.74 Å². The lowest BCUT2D eigenvalue weighted by Gasteiger charge is -2.39. The van der Waals surface area contributed by atoms with E-state index in [1.165, 1.54) is 16.8 Å². The molecule has 106 valence electrons. The Morgan fingerprint density at radius 3 is 2.89 bits per heavy atom. The maximum atomic E-state index is 5.64. The summed E-state index contributed by atoms with van der Waals surface area (Å²) in [6.07, 6.45) is 0. The van der Waals surface area contributed by atoms with E-state index in [9.17, 15) is 0 Å². The summed E-state index contributed by atoms with van der Waals surface area (Å²) >= 11 is 0. The van der Waals surface area contributed by atoms with Crippen molar-refractivity contribution in [2.75, 3.05) is 38.3 Å². The highest BCUT2D eigenvalue weighted by Crippen LogP contribution is 2.32. The summed E-state index contributed by atoms with van der Waals surface area (Å²) < 4.78 is 5.64. The number of aryl methyl sites for hydroxylation is 1. The molecule has 1 aromatic rings. The van der Waals surface area contributed by atoms with Crippen LogP contribution in [0, 0.1) is 6.92 Å². The van der Waals surface area contributed by atoms with Gasteiger partial charge in [0.1, 0.15) is 0 Å². The first-order chi connectivity index (χ1) is 9.15. The third-order valence-electron chi connectivity index (χ3n) is 3.85. The molecule has 19 heavy (non-hydrogen) atoms. The number of para-hydroxylation sites is 1. The number of anilines is 1. The van der Waals surface area contributed by atoms with Gasteiger partial charge in [0.05, 0.1) is 19.3 Å². The molecule has 1 saturated heterocycles. The van der Waals surface area contributed by atoms with Crippen molar-refractivity contribution in [2.24, 2.45) is 0 Å². The number of likely N-dealkylation sites (N-methyl/N-ethyl adjacent to an activating group) is 1. The fourth-order valence-corrected chi connectivity index (χ4v) is 2.89. The van der Waals surface area contributed by atoms with Crippen molar-refractivity contribution in [1.29, 1.82) is 0 Å². The van der Waals surface area contributed by atoms with E-state index in [2.05, 4.69) is 49.2 Å². The molecule has 1 aromatic carbocycles. The summed E-state index contributed by atoms with van der Waals surface area (Å²) in [6.45, 7) is 10.3. The lowest BCUT2D eigenvalue weighted by atomic mass is 9.96. The normalized spacial score (nSPS) is 20.1. The van der Waals surface area contributed by atoms with Gasteiger partial charge in [0, 0.05) is 18.8 Å². The summed E-state index contributed by atoms with van der Waals surface area (Å²) in [4.78, 5) is 2.53. The van der Waals surface area contributed by atoms with Gasteiger partial charge in [0.25, 0.3) is 0 Å². The number of nitrogens with one attached hydrogen (secondary N) is 1. The highest BCUT2D eigenvalue weighted by molar-refractivity contribution is 5.61.